The van der Waals surface area contributed by atoms with Crippen LogP contribution in [0.3, 0.4) is 0 Å². The minimum atomic E-state index is -0.202. The summed E-state index contributed by atoms with van der Waals surface area (Å²) in [7, 11) is 0. The van der Waals surface area contributed by atoms with E-state index < -0.39 is 0 Å². The molecule has 0 unspecified atom stereocenters. The third kappa shape index (κ3) is 4.03. The maximum Gasteiger partial charge on any atom is 0.287 e. The van der Waals surface area contributed by atoms with Crippen molar-refractivity contribution in [1.82, 2.24) is 9.78 Å². The van der Waals surface area contributed by atoms with E-state index in [1.165, 1.54) is 4.68 Å². The molecule has 25 heavy (non-hydrogen) atoms. The van der Waals surface area contributed by atoms with Crippen molar-refractivity contribution in [2.24, 2.45) is 0 Å². The molecule has 0 spiro atoms. The van der Waals surface area contributed by atoms with Crippen molar-refractivity contribution in [3.8, 4) is 11.5 Å². The molecule has 2 aromatic carbocycles. The molecule has 128 valence electrons. The third-order valence-electron chi connectivity index (χ3n) is 3.85. The highest BCUT2D eigenvalue weighted by atomic mass is 32.1. The van der Waals surface area contributed by atoms with Crippen LogP contribution in [0.25, 0.3) is 11.5 Å². The van der Waals surface area contributed by atoms with E-state index in [2.05, 4.69) is 10.4 Å². The lowest BCUT2D eigenvalue weighted by atomic mass is 10.1. The quantitative estimate of drug-likeness (QED) is 0.705. The first kappa shape index (κ1) is 17.1. The number of benzene rings is 2. The van der Waals surface area contributed by atoms with Gasteiger partial charge in [0.2, 0.25) is 11.8 Å². The second kappa shape index (κ2) is 7.03. The van der Waals surface area contributed by atoms with Crippen molar-refractivity contribution in [3.63, 3.8) is 0 Å². The second-order valence-corrected chi connectivity index (χ2v) is 6.41. The molecule has 1 heterocycles. The van der Waals surface area contributed by atoms with Crippen LogP contribution in [0.1, 0.15) is 16.7 Å². The molecule has 1 amide bonds. The first-order valence-corrected chi connectivity index (χ1v) is 8.35. The predicted molar refractivity (Wildman–Crippen MR) is 100 cm³/mol. The highest BCUT2D eigenvalue weighted by Crippen LogP contribution is 2.19. The Morgan fingerprint density at radius 1 is 1.12 bits per heavy atom. The molecule has 0 aliphatic rings. The molecule has 0 aliphatic heterocycles. The number of anilines is 1. The summed E-state index contributed by atoms with van der Waals surface area (Å²) in [5.41, 5.74) is 4.92. The molecule has 0 radical (unpaired) electrons. The average Bonchev–Trinajstić information content (AvgIpc) is 2.91. The number of aryl methyl sites for hydroxylation is 3. The van der Waals surface area contributed by atoms with Crippen molar-refractivity contribution >= 4 is 23.8 Å². The fraction of sp³-hybridized carbons (Fsp3) is 0.211. The van der Waals surface area contributed by atoms with Gasteiger partial charge in [0.1, 0.15) is 6.54 Å². The van der Waals surface area contributed by atoms with Crippen LogP contribution in [0.5, 0.6) is 0 Å². The zero-order valence-electron chi connectivity index (χ0n) is 14.4. The topological polar surface area (TPSA) is 60.1 Å². The fourth-order valence-corrected chi connectivity index (χ4v) is 2.68. The van der Waals surface area contributed by atoms with E-state index in [4.69, 9.17) is 16.6 Å². The summed E-state index contributed by atoms with van der Waals surface area (Å²) in [6, 6.07) is 13.6. The molecule has 0 bridgehead atoms. The summed E-state index contributed by atoms with van der Waals surface area (Å²) < 4.78 is 6.91. The minimum Gasteiger partial charge on any atom is -0.409 e. The van der Waals surface area contributed by atoms with E-state index in [1.54, 1.807) is 0 Å². The first-order chi connectivity index (χ1) is 11.9. The van der Waals surface area contributed by atoms with Crippen LogP contribution in [0.15, 0.2) is 46.9 Å². The van der Waals surface area contributed by atoms with Crippen molar-refractivity contribution in [3.05, 3.63) is 64.0 Å². The molecule has 1 N–H and O–H groups in total. The second-order valence-electron chi connectivity index (χ2n) is 6.06. The van der Waals surface area contributed by atoms with Crippen LogP contribution in [0, 0.1) is 25.6 Å². The SMILES string of the molecule is Cc1ccc(-c2nn(CC(=O)Nc3ccc(C)cc3C)c(=S)o2)cc1. The lowest BCUT2D eigenvalue weighted by Crippen LogP contribution is -2.20. The largest absolute Gasteiger partial charge is 0.409 e. The lowest BCUT2D eigenvalue weighted by Gasteiger charge is -2.08. The molecule has 0 saturated carbocycles. The smallest absolute Gasteiger partial charge is 0.287 e. The normalized spacial score (nSPS) is 10.7. The Labute approximate surface area is 151 Å². The summed E-state index contributed by atoms with van der Waals surface area (Å²) in [4.78, 5) is 12.5. The van der Waals surface area contributed by atoms with Gasteiger partial charge in [-0.2, -0.15) is 0 Å². The van der Waals surface area contributed by atoms with Gasteiger partial charge < -0.3 is 9.73 Å². The molecule has 5 nitrogen and oxygen atoms in total. The molecule has 0 atom stereocenters. The highest BCUT2D eigenvalue weighted by Gasteiger charge is 2.12. The van der Waals surface area contributed by atoms with Crippen molar-refractivity contribution in [2.75, 3.05) is 5.32 Å². The Morgan fingerprint density at radius 3 is 2.48 bits per heavy atom. The number of carbonyl (C=O) groups excluding carboxylic acids is 1. The third-order valence-corrected chi connectivity index (χ3v) is 4.15. The summed E-state index contributed by atoms with van der Waals surface area (Å²) in [5, 5.41) is 7.19. The number of rotatable bonds is 4. The Kier molecular flexibility index (Phi) is 4.81. The number of nitrogens with zero attached hydrogens (tertiary/aromatic N) is 2. The van der Waals surface area contributed by atoms with Crippen LogP contribution < -0.4 is 5.32 Å². The number of carbonyl (C=O) groups is 1. The zero-order valence-corrected chi connectivity index (χ0v) is 15.2. The monoisotopic (exact) mass is 353 g/mol. The zero-order chi connectivity index (χ0) is 18.0. The van der Waals surface area contributed by atoms with Crippen LogP contribution in [-0.4, -0.2) is 15.7 Å². The number of hydrogen-bond donors (Lipinski definition) is 1. The summed E-state index contributed by atoms with van der Waals surface area (Å²) in [5.74, 6) is 0.205. The van der Waals surface area contributed by atoms with Gasteiger partial charge in [0, 0.05) is 11.3 Å². The molecule has 0 aliphatic carbocycles. The molecule has 1 aromatic heterocycles. The van der Waals surface area contributed by atoms with Gasteiger partial charge in [-0.25, -0.2) is 4.68 Å². The van der Waals surface area contributed by atoms with E-state index in [1.807, 2.05) is 63.2 Å². The first-order valence-electron chi connectivity index (χ1n) is 7.94. The number of amides is 1. The van der Waals surface area contributed by atoms with Crippen LogP contribution in [0.4, 0.5) is 5.69 Å². The van der Waals surface area contributed by atoms with Crippen LogP contribution in [-0.2, 0) is 11.3 Å². The number of aromatic nitrogens is 2. The molecule has 3 aromatic rings. The molecule has 6 heteroatoms. The van der Waals surface area contributed by atoms with E-state index in [9.17, 15) is 4.79 Å². The molecule has 3 rings (SSSR count). The maximum atomic E-state index is 12.3. The van der Waals surface area contributed by atoms with Gasteiger partial charge in [0.05, 0.1) is 0 Å². The Hall–Kier alpha value is -2.73. The highest BCUT2D eigenvalue weighted by molar-refractivity contribution is 7.71. The van der Waals surface area contributed by atoms with Crippen molar-refractivity contribution in [2.45, 2.75) is 27.3 Å². The number of nitrogens with one attached hydrogen (secondary N) is 1. The van der Waals surface area contributed by atoms with Crippen LogP contribution in [0.2, 0.25) is 0 Å². The molecule has 0 fully saturated rings. The predicted octanol–water partition coefficient (Wildman–Crippen LogP) is 4.44. The average molecular weight is 353 g/mol. The van der Waals surface area contributed by atoms with Gasteiger partial charge in [0.25, 0.3) is 4.84 Å². The van der Waals surface area contributed by atoms with Gasteiger partial charge in [-0.05, 0) is 56.8 Å². The van der Waals surface area contributed by atoms with E-state index >= 15 is 0 Å². The van der Waals surface area contributed by atoms with Gasteiger partial charge in [-0.3, -0.25) is 4.79 Å². The van der Waals surface area contributed by atoms with E-state index in [0.29, 0.717) is 5.89 Å². The Morgan fingerprint density at radius 2 is 1.80 bits per heavy atom. The summed E-state index contributed by atoms with van der Waals surface area (Å²) >= 11 is 5.18. The van der Waals surface area contributed by atoms with Gasteiger partial charge >= 0.3 is 0 Å². The van der Waals surface area contributed by atoms with Crippen LogP contribution >= 0.6 is 12.2 Å². The Bertz CT molecular complexity index is 971. The van der Waals surface area contributed by atoms with E-state index in [-0.39, 0.29) is 17.3 Å². The fourth-order valence-electron chi connectivity index (χ4n) is 2.50. The maximum absolute atomic E-state index is 12.3. The minimum absolute atomic E-state index is 0.00150. The Balaban J connectivity index is 1.75. The summed E-state index contributed by atoms with van der Waals surface area (Å²) in [6.45, 7) is 5.98. The lowest BCUT2D eigenvalue weighted by molar-refractivity contribution is -0.117. The standard InChI is InChI=1S/C19H19N3O2S/c1-12-4-7-15(8-5-12)18-21-22(19(25)24-18)11-17(23)20-16-9-6-13(2)10-14(16)3/h4-10H,11H2,1-3H3,(H,20,23). The van der Waals surface area contributed by atoms with Gasteiger partial charge in [0.15, 0.2) is 0 Å². The molecule has 0 saturated heterocycles. The van der Waals surface area contributed by atoms with Gasteiger partial charge in [-0.1, -0.05) is 35.4 Å². The number of hydrogen-bond acceptors (Lipinski definition) is 4. The molecular formula is C19H19N3O2S. The van der Waals surface area contributed by atoms with E-state index in [0.717, 1.165) is 27.9 Å². The summed E-state index contributed by atoms with van der Waals surface area (Å²) in [6.07, 6.45) is 0. The van der Waals surface area contributed by atoms with Gasteiger partial charge in [-0.15, -0.1) is 5.10 Å². The van der Waals surface area contributed by atoms with Crippen molar-refractivity contribution < 1.29 is 9.21 Å². The molecular weight excluding hydrogens is 334 g/mol. The van der Waals surface area contributed by atoms with Crippen molar-refractivity contribution in [1.29, 1.82) is 0 Å².